The van der Waals surface area contributed by atoms with Gasteiger partial charge in [-0.3, -0.25) is 0 Å². The van der Waals surface area contributed by atoms with E-state index >= 15 is 0 Å². The molecule has 0 aromatic heterocycles. The van der Waals surface area contributed by atoms with Crippen LogP contribution in [0.4, 0.5) is 11.4 Å². The third-order valence-corrected chi connectivity index (χ3v) is 3.76. The minimum Gasteiger partial charge on any atom is -0.339 e. The van der Waals surface area contributed by atoms with E-state index in [1.54, 1.807) is 0 Å². The molecular formula is C18H20N2. The van der Waals surface area contributed by atoms with Crippen LogP contribution in [0.1, 0.15) is 16.7 Å². The number of aryl methyl sites for hydroxylation is 3. The first-order valence-corrected chi connectivity index (χ1v) is 7.09. The lowest BCUT2D eigenvalue weighted by Crippen LogP contribution is -2.20. The first-order valence-electron chi connectivity index (χ1n) is 7.09. The second kappa shape index (κ2) is 5.20. The van der Waals surface area contributed by atoms with Gasteiger partial charge in [0.15, 0.2) is 0 Å². The van der Waals surface area contributed by atoms with Crippen molar-refractivity contribution in [3.05, 3.63) is 65.8 Å². The van der Waals surface area contributed by atoms with Crippen molar-refractivity contribution >= 4 is 11.4 Å². The molecule has 2 aromatic rings. The molecule has 3 rings (SSSR count). The molecule has 1 saturated heterocycles. The predicted octanol–water partition coefficient (Wildman–Crippen LogP) is 3.93. The zero-order valence-electron chi connectivity index (χ0n) is 12.4. The van der Waals surface area contributed by atoms with Crippen LogP contribution in [0, 0.1) is 27.4 Å². The van der Waals surface area contributed by atoms with E-state index in [-0.39, 0.29) is 0 Å². The second-order valence-corrected chi connectivity index (χ2v) is 5.49. The monoisotopic (exact) mass is 264 g/mol. The summed E-state index contributed by atoms with van der Waals surface area (Å²) in [6.07, 6.45) is 0. The lowest BCUT2D eigenvalue weighted by molar-refractivity contribution is 1.01. The number of nitrogens with zero attached hydrogens (tertiary/aromatic N) is 2. The van der Waals surface area contributed by atoms with Crippen molar-refractivity contribution < 1.29 is 0 Å². The fourth-order valence-electron chi connectivity index (χ4n) is 3.00. The summed E-state index contributed by atoms with van der Waals surface area (Å²) in [5.74, 6) is 0. The van der Waals surface area contributed by atoms with E-state index in [0.717, 1.165) is 13.1 Å². The molecule has 102 valence electrons. The number of benzene rings is 2. The molecule has 1 heterocycles. The van der Waals surface area contributed by atoms with Crippen molar-refractivity contribution in [2.24, 2.45) is 0 Å². The average molecular weight is 264 g/mol. The van der Waals surface area contributed by atoms with E-state index in [0.29, 0.717) is 0 Å². The summed E-state index contributed by atoms with van der Waals surface area (Å²) >= 11 is 0. The molecule has 2 aromatic carbocycles. The zero-order valence-corrected chi connectivity index (χ0v) is 12.4. The molecule has 0 spiro atoms. The Bertz CT molecular complexity index is 581. The first-order chi connectivity index (χ1) is 9.65. The highest BCUT2D eigenvalue weighted by molar-refractivity contribution is 5.65. The van der Waals surface area contributed by atoms with Gasteiger partial charge in [0.25, 0.3) is 0 Å². The van der Waals surface area contributed by atoms with Gasteiger partial charge in [-0.15, -0.1) is 0 Å². The molecule has 20 heavy (non-hydrogen) atoms. The molecule has 0 atom stereocenters. The maximum absolute atomic E-state index is 3.49. The Morgan fingerprint density at radius 2 is 1.45 bits per heavy atom. The van der Waals surface area contributed by atoms with Crippen molar-refractivity contribution in [1.82, 2.24) is 0 Å². The van der Waals surface area contributed by atoms with E-state index in [1.807, 2.05) is 6.07 Å². The lowest BCUT2D eigenvalue weighted by atomic mass is 10.0. The largest absolute Gasteiger partial charge is 0.339 e. The number of hydrogen-bond acceptors (Lipinski definition) is 2. The summed E-state index contributed by atoms with van der Waals surface area (Å²) < 4.78 is 0. The van der Waals surface area contributed by atoms with Crippen LogP contribution in [-0.2, 0) is 0 Å². The molecule has 1 fully saturated rings. The van der Waals surface area contributed by atoms with Crippen LogP contribution < -0.4 is 9.80 Å². The SMILES string of the molecule is Cc1cc(C)c(N2[C]N(c3ccccc3)CC2)c(C)c1. The predicted molar refractivity (Wildman–Crippen MR) is 85.0 cm³/mol. The number of hydrogen-bond donors (Lipinski definition) is 0. The number of anilines is 2. The first kappa shape index (κ1) is 13.0. The summed E-state index contributed by atoms with van der Waals surface area (Å²) in [6, 6.07) is 14.9. The molecular weight excluding hydrogens is 244 g/mol. The third kappa shape index (κ3) is 2.38. The van der Waals surface area contributed by atoms with Crippen LogP contribution in [0.25, 0.3) is 0 Å². The Labute approximate surface area is 121 Å². The van der Waals surface area contributed by atoms with Crippen LogP contribution in [0.5, 0.6) is 0 Å². The summed E-state index contributed by atoms with van der Waals surface area (Å²) in [4.78, 5) is 4.44. The van der Waals surface area contributed by atoms with Crippen molar-refractivity contribution in [2.75, 3.05) is 22.9 Å². The minimum absolute atomic E-state index is 0.983. The minimum atomic E-state index is 0.983. The van der Waals surface area contributed by atoms with Crippen LogP contribution in [0.2, 0.25) is 0 Å². The number of rotatable bonds is 2. The van der Waals surface area contributed by atoms with Gasteiger partial charge in [-0.25, -0.2) is 0 Å². The highest BCUT2D eigenvalue weighted by Gasteiger charge is 2.24. The summed E-state index contributed by atoms with van der Waals surface area (Å²) in [5.41, 5.74) is 6.48. The molecule has 0 unspecified atom stereocenters. The van der Waals surface area contributed by atoms with Gasteiger partial charge in [0.05, 0.1) is 0 Å². The van der Waals surface area contributed by atoms with E-state index in [4.69, 9.17) is 0 Å². The van der Waals surface area contributed by atoms with Gasteiger partial charge in [0, 0.05) is 24.5 Å². The molecule has 0 saturated carbocycles. The van der Waals surface area contributed by atoms with Gasteiger partial charge in [-0.1, -0.05) is 35.9 Å². The maximum atomic E-state index is 3.49. The quantitative estimate of drug-likeness (QED) is 0.810. The Morgan fingerprint density at radius 1 is 0.850 bits per heavy atom. The lowest BCUT2D eigenvalue weighted by Gasteiger charge is -2.23. The summed E-state index contributed by atoms with van der Waals surface area (Å²) in [5, 5.41) is 0. The number of para-hydroxylation sites is 1. The van der Waals surface area contributed by atoms with Crippen molar-refractivity contribution in [3.63, 3.8) is 0 Å². The summed E-state index contributed by atoms with van der Waals surface area (Å²) in [6.45, 7) is 12.0. The van der Waals surface area contributed by atoms with Crippen LogP contribution in [-0.4, -0.2) is 13.1 Å². The van der Waals surface area contributed by atoms with Gasteiger partial charge in [0.2, 0.25) is 6.67 Å². The molecule has 1 aliphatic heterocycles. The zero-order chi connectivity index (χ0) is 14.1. The van der Waals surface area contributed by atoms with Gasteiger partial charge >= 0.3 is 0 Å². The fraction of sp³-hybridized carbons (Fsp3) is 0.278. The van der Waals surface area contributed by atoms with E-state index < -0.39 is 0 Å². The van der Waals surface area contributed by atoms with E-state index in [9.17, 15) is 0 Å². The molecule has 2 nitrogen and oxygen atoms in total. The average Bonchev–Trinajstić information content (AvgIpc) is 2.88. The second-order valence-electron chi connectivity index (χ2n) is 5.49. The fourth-order valence-corrected chi connectivity index (χ4v) is 3.00. The maximum Gasteiger partial charge on any atom is 0.208 e. The van der Waals surface area contributed by atoms with Crippen molar-refractivity contribution in [2.45, 2.75) is 20.8 Å². The molecule has 0 bridgehead atoms. The van der Waals surface area contributed by atoms with Crippen molar-refractivity contribution in [3.8, 4) is 0 Å². The molecule has 0 amide bonds. The van der Waals surface area contributed by atoms with Gasteiger partial charge in [0.1, 0.15) is 0 Å². The van der Waals surface area contributed by atoms with Gasteiger partial charge < -0.3 is 9.80 Å². The van der Waals surface area contributed by atoms with Crippen LogP contribution in [0.15, 0.2) is 42.5 Å². The standard InChI is InChI=1S/C18H20N2/c1-14-11-15(2)18(16(3)12-14)20-10-9-19(13-20)17-7-5-4-6-8-17/h4-8,11-12H,9-10H2,1-3H3. The normalized spacial score (nSPS) is 14.9. The van der Waals surface area contributed by atoms with E-state index in [1.165, 1.54) is 28.1 Å². The highest BCUT2D eigenvalue weighted by atomic mass is 15.4. The highest BCUT2D eigenvalue weighted by Crippen LogP contribution is 2.31. The van der Waals surface area contributed by atoms with E-state index in [2.05, 4.69) is 73.6 Å². The Balaban J connectivity index is 1.85. The molecule has 0 aliphatic carbocycles. The van der Waals surface area contributed by atoms with Gasteiger partial charge in [-0.2, -0.15) is 0 Å². The smallest absolute Gasteiger partial charge is 0.208 e. The Kier molecular flexibility index (Phi) is 3.39. The van der Waals surface area contributed by atoms with Crippen LogP contribution >= 0.6 is 0 Å². The van der Waals surface area contributed by atoms with Crippen LogP contribution in [0.3, 0.4) is 0 Å². The Hall–Kier alpha value is -1.96. The molecule has 2 radical (unpaired) electrons. The molecule has 2 heteroatoms. The topological polar surface area (TPSA) is 6.48 Å². The summed E-state index contributed by atoms with van der Waals surface area (Å²) in [7, 11) is 0. The van der Waals surface area contributed by atoms with Gasteiger partial charge in [-0.05, 0) is 44.0 Å². The molecule has 1 aliphatic rings. The third-order valence-electron chi connectivity index (χ3n) is 3.76. The molecule has 0 N–H and O–H groups in total. The Morgan fingerprint density at radius 3 is 2.10 bits per heavy atom. The van der Waals surface area contributed by atoms with Crippen molar-refractivity contribution in [1.29, 1.82) is 0 Å².